The Morgan fingerprint density at radius 3 is 2.53 bits per heavy atom. The fourth-order valence-electron chi connectivity index (χ4n) is 2.51. The molecule has 0 aliphatic carbocycles. The van der Waals surface area contributed by atoms with Gasteiger partial charge in [0.2, 0.25) is 11.8 Å². The maximum Gasteiger partial charge on any atom is 0.325 e. The van der Waals surface area contributed by atoms with Gasteiger partial charge in [0.15, 0.2) is 5.02 Å². The lowest BCUT2D eigenvalue weighted by molar-refractivity contribution is -0.152. The average molecular weight is 444 g/mol. The van der Waals surface area contributed by atoms with E-state index in [4.69, 9.17) is 21.1 Å². The fourth-order valence-corrected chi connectivity index (χ4v) is 2.69. The summed E-state index contributed by atoms with van der Waals surface area (Å²) in [4.78, 5) is 28.9. The largest absolute Gasteiger partial charge is 0.471 e. The van der Waals surface area contributed by atoms with Crippen molar-refractivity contribution in [1.82, 2.24) is 9.55 Å². The zero-order chi connectivity index (χ0) is 22.6. The minimum Gasteiger partial charge on any atom is -0.471 e. The van der Waals surface area contributed by atoms with E-state index in [0.717, 1.165) is 12.1 Å². The summed E-state index contributed by atoms with van der Waals surface area (Å²) in [5.41, 5.74) is -1.20. The lowest BCUT2D eigenvalue weighted by Crippen LogP contribution is -2.32. The van der Waals surface area contributed by atoms with E-state index in [2.05, 4.69) is 10.3 Å². The van der Waals surface area contributed by atoms with Crippen LogP contribution in [0.5, 0.6) is 5.88 Å². The number of nitrogens with one attached hydrogen (secondary N) is 1. The van der Waals surface area contributed by atoms with Crippen LogP contribution in [0.1, 0.15) is 46.2 Å². The highest BCUT2D eigenvalue weighted by Crippen LogP contribution is 2.24. The van der Waals surface area contributed by atoms with E-state index in [1.807, 2.05) is 0 Å². The number of ether oxygens (including phenoxy) is 2. The van der Waals surface area contributed by atoms with Crippen molar-refractivity contribution in [2.45, 2.75) is 52.9 Å². The SMILES string of the molecule is CC(C)n1c(NCC(=O)OC(C)(C)C)nc(OCc2ccc(F)cc2F)c(Cl)c1=O. The topological polar surface area (TPSA) is 82.5 Å². The van der Waals surface area contributed by atoms with Gasteiger partial charge in [-0.3, -0.25) is 14.2 Å². The number of hydrogen-bond donors (Lipinski definition) is 1. The van der Waals surface area contributed by atoms with Crippen LogP contribution in [-0.4, -0.2) is 27.7 Å². The van der Waals surface area contributed by atoms with Crippen molar-refractivity contribution in [2.24, 2.45) is 0 Å². The highest BCUT2D eigenvalue weighted by Gasteiger charge is 2.21. The summed E-state index contributed by atoms with van der Waals surface area (Å²) in [5, 5.41) is 2.46. The number of esters is 1. The molecular weight excluding hydrogens is 420 g/mol. The fraction of sp³-hybridized carbons (Fsp3) is 0.450. The molecule has 1 heterocycles. The molecule has 2 aromatic rings. The molecule has 0 bridgehead atoms. The van der Waals surface area contributed by atoms with E-state index < -0.39 is 28.8 Å². The van der Waals surface area contributed by atoms with Crippen LogP contribution < -0.4 is 15.6 Å². The number of anilines is 1. The molecule has 0 unspecified atom stereocenters. The third-order valence-corrected chi connectivity index (χ3v) is 4.06. The maximum atomic E-state index is 13.8. The summed E-state index contributed by atoms with van der Waals surface area (Å²) >= 11 is 6.10. The van der Waals surface area contributed by atoms with Gasteiger partial charge in [0.25, 0.3) is 5.56 Å². The molecule has 0 atom stereocenters. The van der Waals surface area contributed by atoms with Gasteiger partial charge in [0, 0.05) is 17.7 Å². The van der Waals surface area contributed by atoms with Gasteiger partial charge in [-0.15, -0.1) is 0 Å². The maximum absolute atomic E-state index is 13.8. The number of hydrogen-bond acceptors (Lipinski definition) is 6. The van der Waals surface area contributed by atoms with Crippen molar-refractivity contribution in [1.29, 1.82) is 0 Å². The Balaban J connectivity index is 2.28. The van der Waals surface area contributed by atoms with Crippen molar-refractivity contribution >= 4 is 23.5 Å². The molecule has 1 N–H and O–H groups in total. The minimum absolute atomic E-state index is 0.0415. The predicted molar refractivity (Wildman–Crippen MR) is 109 cm³/mol. The molecule has 0 aliphatic rings. The first-order valence-electron chi connectivity index (χ1n) is 9.23. The Labute approximate surface area is 178 Å². The van der Waals surface area contributed by atoms with E-state index in [0.29, 0.717) is 0 Å². The van der Waals surface area contributed by atoms with Crippen LogP contribution in [0, 0.1) is 11.6 Å². The first-order valence-corrected chi connectivity index (χ1v) is 9.61. The molecule has 164 valence electrons. The Hall–Kier alpha value is -2.68. The van der Waals surface area contributed by atoms with Crippen molar-refractivity contribution in [3.8, 4) is 5.88 Å². The highest BCUT2D eigenvalue weighted by molar-refractivity contribution is 6.31. The van der Waals surface area contributed by atoms with Gasteiger partial charge in [-0.2, -0.15) is 4.98 Å². The van der Waals surface area contributed by atoms with Gasteiger partial charge in [0.05, 0.1) is 0 Å². The molecule has 1 aromatic heterocycles. The number of rotatable bonds is 7. The van der Waals surface area contributed by atoms with Gasteiger partial charge in [-0.25, -0.2) is 8.78 Å². The number of carbonyl (C=O) groups excluding carboxylic acids is 1. The molecule has 10 heteroatoms. The Morgan fingerprint density at radius 1 is 1.30 bits per heavy atom. The van der Waals surface area contributed by atoms with Crippen LogP contribution >= 0.6 is 11.6 Å². The second-order valence-corrected chi connectivity index (χ2v) is 8.17. The summed E-state index contributed by atoms with van der Waals surface area (Å²) in [5.74, 6) is -2.27. The van der Waals surface area contributed by atoms with Gasteiger partial charge >= 0.3 is 5.97 Å². The van der Waals surface area contributed by atoms with Crippen molar-refractivity contribution in [2.75, 3.05) is 11.9 Å². The molecule has 1 aromatic carbocycles. The molecule has 0 aliphatic heterocycles. The highest BCUT2D eigenvalue weighted by atomic mass is 35.5. The van der Waals surface area contributed by atoms with E-state index in [9.17, 15) is 18.4 Å². The molecule has 0 spiro atoms. The first kappa shape index (κ1) is 23.6. The number of nitrogens with zero attached hydrogens (tertiary/aromatic N) is 2. The Kier molecular flexibility index (Phi) is 7.41. The van der Waals surface area contributed by atoms with Gasteiger partial charge in [-0.05, 0) is 46.8 Å². The van der Waals surface area contributed by atoms with Crippen LogP contribution in [0.4, 0.5) is 14.7 Å². The normalized spacial score (nSPS) is 11.5. The van der Waals surface area contributed by atoms with E-state index >= 15 is 0 Å². The number of halogens is 3. The minimum atomic E-state index is -0.801. The smallest absolute Gasteiger partial charge is 0.325 e. The molecule has 0 amide bonds. The number of aromatic nitrogens is 2. The summed E-state index contributed by atoms with van der Waals surface area (Å²) < 4.78 is 38.8. The molecule has 0 fully saturated rings. The molecule has 30 heavy (non-hydrogen) atoms. The predicted octanol–water partition coefficient (Wildman–Crippen LogP) is 4.09. The third kappa shape index (κ3) is 6.16. The van der Waals surface area contributed by atoms with Crippen LogP contribution in [0.2, 0.25) is 5.02 Å². The average Bonchev–Trinajstić information content (AvgIpc) is 2.60. The molecule has 7 nitrogen and oxygen atoms in total. The first-order chi connectivity index (χ1) is 13.9. The third-order valence-electron chi connectivity index (χ3n) is 3.74. The van der Waals surface area contributed by atoms with Crippen LogP contribution in [0.25, 0.3) is 0 Å². The quantitative estimate of drug-likeness (QED) is 0.649. The molecular formula is C20H24ClF2N3O4. The van der Waals surface area contributed by atoms with E-state index in [-0.39, 0.29) is 41.6 Å². The molecule has 2 rings (SSSR count). The molecule has 0 radical (unpaired) electrons. The second kappa shape index (κ2) is 9.42. The Morgan fingerprint density at radius 2 is 1.97 bits per heavy atom. The molecule has 0 saturated carbocycles. The molecule has 0 saturated heterocycles. The van der Waals surface area contributed by atoms with Crippen LogP contribution in [0.15, 0.2) is 23.0 Å². The lowest BCUT2D eigenvalue weighted by atomic mass is 10.2. The number of carbonyl (C=O) groups is 1. The number of benzene rings is 1. The Bertz CT molecular complexity index is 987. The van der Waals surface area contributed by atoms with Crippen LogP contribution in [-0.2, 0) is 16.1 Å². The van der Waals surface area contributed by atoms with Crippen molar-refractivity contribution in [3.63, 3.8) is 0 Å². The van der Waals surface area contributed by atoms with E-state index in [1.54, 1.807) is 34.6 Å². The summed E-state index contributed by atoms with van der Waals surface area (Å²) in [6, 6.07) is 2.70. The van der Waals surface area contributed by atoms with Gasteiger partial charge in [0.1, 0.15) is 30.4 Å². The second-order valence-electron chi connectivity index (χ2n) is 7.79. The van der Waals surface area contributed by atoms with Crippen molar-refractivity contribution in [3.05, 3.63) is 50.8 Å². The zero-order valence-corrected chi connectivity index (χ0v) is 18.1. The van der Waals surface area contributed by atoms with Gasteiger partial charge in [-0.1, -0.05) is 11.6 Å². The summed E-state index contributed by atoms with van der Waals surface area (Å²) in [6.07, 6.45) is 0. The standard InChI is InChI=1S/C20H24ClF2N3O4/c1-11(2)26-18(28)16(21)17(29-10-12-6-7-13(22)8-14(12)23)25-19(26)24-9-15(27)30-20(3,4)5/h6-8,11H,9-10H2,1-5H3,(H,24,25). The van der Waals surface area contributed by atoms with Crippen LogP contribution in [0.3, 0.4) is 0 Å². The monoisotopic (exact) mass is 443 g/mol. The summed E-state index contributed by atoms with van der Waals surface area (Å²) in [6.45, 7) is 8.11. The zero-order valence-electron chi connectivity index (χ0n) is 17.4. The lowest BCUT2D eigenvalue weighted by Gasteiger charge is -2.21. The van der Waals surface area contributed by atoms with E-state index in [1.165, 1.54) is 10.6 Å². The van der Waals surface area contributed by atoms with Crippen molar-refractivity contribution < 1.29 is 23.0 Å². The summed E-state index contributed by atoms with van der Waals surface area (Å²) in [7, 11) is 0. The van der Waals surface area contributed by atoms with Gasteiger partial charge < -0.3 is 14.8 Å².